The lowest BCUT2D eigenvalue weighted by Gasteiger charge is -2.43. The monoisotopic (exact) mass is 559 g/mol. The number of imidazole rings is 1. The van der Waals surface area contributed by atoms with Crippen LogP contribution in [0.15, 0.2) is 48.8 Å². The van der Waals surface area contributed by atoms with Gasteiger partial charge >= 0.3 is 17.9 Å². The van der Waals surface area contributed by atoms with Crippen molar-refractivity contribution in [3.8, 4) is 5.75 Å². The van der Waals surface area contributed by atoms with Gasteiger partial charge in [0.2, 0.25) is 0 Å². The molecule has 12 nitrogen and oxygen atoms in total. The van der Waals surface area contributed by atoms with Gasteiger partial charge in [0, 0.05) is 38.1 Å². The predicted octanol–water partition coefficient (Wildman–Crippen LogP) is 2.14. The summed E-state index contributed by atoms with van der Waals surface area (Å²) in [6.07, 6.45) is 5.19. The normalized spacial score (nSPS) is 22.2. The maximum Gasteiger partial charge on any atom is 0.336 e. The van der Waals surface area contributed by atoms with Gasteiger partial charge in [0.25, 0.3) is 0 Å². The second kappa shape index (κ2) is 12.6. The molecule has 3 heterocycles. The highest BCUT2D eigenvalue weighted by Gasteiger charge is 2.49. The number of piperidine rings is 1. The summed E-state index contributed by atoms with van der Waals surface area (Å²) < 4.78 is 7.75. The SMILES string of the molecule is C=C(C)COc1cccc(CN2C3CCC2CC(O)(c2nccn2C)C3)c1.O=C(O)CC(O)(CC(=O)O)C(=O)O. The second-order valence-electron chi connectivity index (χ2n) is 10.7. The van der Waals surface area contributed by atoms with Crippen molar-refractivity contribution in [2.24, 2.45) is 7.05 Å². The maximum atomic E-state index is 11.3. The van der Waals surface area contributed by atoms with Crippen LogP contribution in [-0.2, 0) is 33.6 Å². The van der Waals surface area contributed by atoms with Gasteiger partial charge < -0.3 is 34.8 Å². The average molecular weight is 560 g/mol. The molecule has 1 aromatic heterocycles. The molecule has 0 aliphatic carbocycles. The van der Waals surface area contributed by atoms with Gasteiger partial charge in [0.15, 0.2) is 5.60 Å². The largest absolute Gasteiger partial charge is 0.489 e. The van der Waals surface area contributed by atoms with E-state index in [0.29, 0.717) is 18.7 Å². The van der Waals surface area contributed by atoms with Crippen LogP contribution in [0.4, 0.5) is 0 Å². The van der Waals surface area contributed by atoms with Crippen molar-refractivity contribution in [1.29, 1.82) is 0 Å². The third-order valence-corrected chi connectivity index (χ3v) is 7.19. The zero-order chi connectivity index (χ0) is 29.7. The number of benzene rings is 1. The fourth-order valence-electron chi connectivity index (χ4n) is 5.44. The van der Waals surface area contributed by atoms with E-state index in [1.807, 2.05) is 30.8 Å². The first-order valence-corrected chi connectivity index (χ1v) is 12.9. The van der Waals surface area contributed by atoms with Crippen LogP contribution in [0.3, 0.4) is 0 Å². The van der Waals surface area contributed by atoms with E-state index >= 15 is 0 Å². The summed E-state index contributed by atoms with van der Waals surface area (Å²) in [6, 6.07) is 9.13. The van der Waals surface area contributed by atoms with Crippen LogP contribution in [0.2, 0.25) is 0 Å². The van der Waals surface area contributed by atoms with E-state index < -0.39 is 42.0 Å². The molecule has 218 valence electrons. The summed E-state index contributed by atoms with van der Waals surface area (Å²) in [5.41, 5.74) is -1.28. The Morgan fingerprint density at radius 3 is 2.20 bits per heavy atom. The lowest BCUT2D eigenvalue weighted by atomic mass is 9.85. The van der Waals surface area contributed by atoms with Crippen molar-refractivity contribution in [3.05, 3.63) is 60.2 Å². The molecule has 2 bridgehead atoms. The van der Waals surface area contributed by atoms with Gasteiger partial charge in [-0.15, -0.1) is 0 Å². The molecule has 2 fully saturated rings. The molecule has 2 saturated heterocycles. The van der Waals surface area contributed by atoms with Gasteiger partial charge in [-0.1, -0.05) is 18.7 Å². The van der Waals surface area contributed by atoms with E-state index in [9.17, 15) is 19.5 Å². The molecule has 1 aromatic carbocycles. The quantitative estimate of drug-likeness (QED) is 0.254. The standard InChI is InChI=1S/C22H29N3O2.C6H8O7/c1-16(2)15-27-20-6-4-5-17(11-20)14-25-18-7-8-19(25)13-22(26,12-18)21-23-9-10-24(21)3;7-3(8)1-6(13,5(11)12)2-4(9)10/h4-6,9-11,18-19,26H,1,7-8,12-15H2,2-3H3;13H,1-2H2,(H,7,8)(H,9,10)(H,11,12). The lowest BCUT2D eigenvalue weighted by molar-refractivity contribution is -0.170. The Hall–Kier alpha value is -3.74. The molecule has 2 unspecified atom stereocenters. The molecule has 2 aliphatic rings. The van der Waals surface area contributed by atoms with Gasteiger partial charge in [0.1, 0.15) is 23.8 Å². The van der Waals surface area contributed by atoms with Crippen molar-refractivity contribution in [1.82, 2.24) is 14.5 Å². The highest BCUT2D eigenvalue weighted by atomic mass is 16.5. The van der Waals surface area contributed by atoms with Crippen molar-refractivity contribution in [2.75, 3.05) is 6.61 Å². The third-order valence-electron chi connectivity index (χ3n) is 7.19. The molecule has 40 heavy (non-hydrogen) atoms. The Labute approximate surface area is 232 Å². The van der Waals surface area contributed by atoms with Crippen molar-refractivity contribution < 1.29 is 44.7 Å². The number of carboxylic acids is 3. The van der Waals surface area contributed by atoms with E-state index in [1.165, 1.54) is 5.56 Å². The Morgan fingerprint density at radius 1 is 1.12 bits per heavy atom. The molecule has 2 aliphatic heterocycles. The maximum absolute atomic E-state index is 11.3. The molecule has 2 aromatic rings. The lowest BCUT2D eigenvalue weighted by Crippen LogP contribution is -2.50. The van der Waals surface area contributed by atoms with E-state index in [1.54, 1.807) is 6.20 Å². The first kappa shape index (κ1) is 30.8. The first-order valence-electron chi connectivity index (χ1n) is 12.9. The number of hydrogen-bond acceptors (Lipinski definition) is 8. The minimum atomic E-state index is -2.74. The number of hydrogen-bond donors (Lipinski definition) is 5. The van der Waals surface area contributed by atoms with Crippen molar-refractivity contribution in [2.45, 2.75) is 75.3 Å². The number of carbonyl (C=O) groups is 3. The zero-order valence-electron chi connectivity index (χ0n) is 22.7. The molecule has 5 N–H and O–H groups in total. The van der Waals surface area contributed by atoms with Crippen LogP contribution in [0.5, 0.6) is 5.75 Å². The molecule has 0 amide bonds. The van der Waals surface area contributed by atoms with Crippen LogP contribution in [0.1, 0.15) is 56.8 Å². The third kappa shape index (κ3) is 7.68. The van der Waals surface area contributed by atoms with Crippen LogP contribution >= 0.6 is 0 Å². The Bertz CT molecular complexity index is 1210. The fraction of sp³-hybridized carbons (Fsp3) is 0.500. The summed E-state index contributed by atoms with van der Waals surface area (Å²) in [5, 5.41) is 45.1. The highest BCUT2D eigenvalue weighted by molar-refractivity contribution is 5.88. The smallest absolute Gasteiger partial charge is 0.336 e. The zero-order valence-corrected chi connectivity index (χ0v) is 22.7. The summed E-state index contributed by atoms with van der Waals surface area (Å²) >= 11 is 0. The van der Waals surface area contributed by atoms with E-state index in [4.69, 9.17) is 25.2 Å². The second-order valence-corrected chi connectivity index (χ2v) is 10.7. The molecular formula is C28H37N3O9. The minimum absolute atomic E-state index is 0.394. The predicted molar refractivity (Wildman–Crippen MR) is 143 cm³/mol. The average Bonchev–Trinajstić information content (AvgIpc) is 3.38. The summed E-state index contributed by atoms with van der Waals surface area (Å²) in [5.74, 6) is -3.33. The Balaban J connectivity index is 0.000000289. The van der Waals surface area contributed by atoms with Gasteiger partial charge in [-0.05, 0) is 55.9 Å². The first-order chi connectivity index (χ1) is 18.7. The Kier molecular flexibility index (Phi) is 9.72. The molecule has 2 atom stereocenters. The molecule has 0 radical (unpaired) electrons. The summed E-state index contributed by atoms with van der Waals surface area (Å²) in [4.78, 5) is 37.5. The number of fused-ring (bicyclic) bond motifs is 2. The van der Waals surface area contributed by atoms with Crippen LogP contribution in [0, 0.1) is 0 Å². The summed E-state index contributed by atoms with van der Waals surface area (Å²) in [7, 11) is 1.96. The topological polar surface area (TPSA) is 183 Å². The van der Waals surface area contributed by atoms with E-state index in [-0.39, 0.29) is 0 Å². The summed E-state index contributed by atoms with van der Waals surface area (Å²) in [6.45, 7) is 7.31. The molecule has 0 saturated carbocycles. The molecular weight excluding hydrogens is 522 g/mol. The highest BCUT2D eigenvalue weighted by Crippen LogP contribution is 2.45. The number of aliphatic hydroxyl groups is 2. The van der Waals surface area contributed by atoms with Crippen LogP contribution in [-0.4, -0.2) is 82.2 Å². The number of aryl methyl sites for hydroxylation is 1. The Morgan fingerprint density at radius 2 is 1.73 bits per heavy atom. The number of aliphatic carboxylic acids is 3. The minimum Gasteiger partial charge on any atom is -0.489 e. The molecule has 12 heteroatoms. The van der Waals surface area contributed by atoms with E-state index in [2.05, 4.69) is 34.7 Å². The molecule has 4 rings (SSSR count). The van der Waals surface area contributed by atoms with Gasteiger partial charge in [-0.2, -0.15) is 0 Å². The fourth-order valence-corrected chi connectivity index (χ4v) is 5.44. The van der Waals surface area contributed by atoms with Crippen LogP contribution in [0.25, 0.3) is 0 Å². The number of aromatic nitrogens is 2. The number of rotatable bonds is 11. The van der Waals surface area contributed by atoms with Crippen LogP contribution < -0.4 is 4.74 Å². The van der Waals surface area contributed by atoms with Gasteiger partial charge in [-0.3, -0.25) is 14.5 Å². The van der Waals surface area contributed by atoms with Crippen molar-refractivity contribution in [3.63, 3.8) is 0 Å². The molecule has 0 spiro atoms. The van der Waals surface area contributed by atoms with Gasteiger partial charge in [0.05, 0.1) is 12.8 Å². The van der Waals surface area contributed by atoms with Gasteiger partial charge in [-0.25, -0.2) is 9.78 Å². The van der Waals surface area contributed by atoms with E-state index in [0.717, 1.165) is 49.4 Å². The number of nitrogens with zero attached hydrogens (tertiary/aromatic N) is 3. The number of carboxylic acid groups (broad SMARTS) is 3. The van der Waals surface area contributed by atoms with Crippen molar-refractivity contribution >= 4 is 17.9 Å². The number of ether oxygens (including phenoxy) is 1.